The molecular weight excluding hydrogens is 302 g/mol. The van der Waals surface area contributed by atoms with Crippen LogP contribution in [0.1, 0.15) is 23.7 Å². The van der Waals surface area contributed by atoms with Crippen molar-refractivity contribution in [1.82, 2.24) is 4.90 Å². The molecule has 1 heterocycles. The van der Waals surface area contributed by atoms with E-state index in [4.69, 9.17) is 15.2 Å². The van der Waals surface area contributed by atoms with Crippen LogP contribution >= 0.6 is 0 Å². The van der Waals surface area contributed by atoms with Gasteiger partial charge in [-0.05, 0) is 25.8 Å². The first kappa shape index (κ1) is 17.0. The molecule has 1 aromatic rings. The van der Waals surface area contributed by atoms with Crippen LogP contribution in [0.25, 0.3) is 0 Å². The SMILES string of the molecule is CCOc1cc(C(=O)N2CCC(CN)C2)c([N+](=O)[O-])cc1OC. The number of hydrogen-bond donors (Lipinski definition) is 1. The molecule has 1 unspecified atom stereocenters. The molecule has 1 aromatic carbocycles. The fourth-order valence-corrected chi connectivity index (χ4v) is 2.68. The number of likely N-dealkylation sites (tertiary alicyclic amines) is 1. The third-order valence-corrected chi connectivity index (χ3v) is 3.92. The average Bonchev–Trinajstić information content (AvgIpc) is 3.03. The van der Waals surface area contributed by atoms with Crippen LogP contribution in [0.15, 0.2) is 12.1 Å². The molecule has 1 aliphatic rings. The largest absolute Gasteiger partial charge is 0.493 e. The Kier molecular flexibility index (Phi) is 5.38. The Morgan fingerprint density at radius 2 is 2.22 bits per heavy atom. The first-order valence-corrected chi connectivity index (χ1v) is 7.50. The van der Waals surface area contributed by atoms with Gasteiger partial charge in [0.1, 0.15) is 5.56 Å². The van der Waals surface area contributed by atoms with Gasteiger partial charge in [0.25, 0.3) is 11.6 Å². The normalized spacial score (nSPS) is 17.2. The second-order valence-electron chi connectivity index (χ2n) is 5.35. The van der Waals surface area contributed by atoms with Gasteiger partial charge in [0, 0.05) is 19.2 Å². The van der Waals surface area contributed by atoms with E-state index in [0.29, 0.717) is 32.0 Å². The maximum atomic E-state index is 12.7. The lowest BCUT2D eigenvalue weighted by atomic mass is 10.1. The molecule has 2 N–H and O–H groups in total. The van der Waals surface area contributed by atoms with E-state index in [2.05, 4.69) is 0 Å². The summed E-state index contributed by atoms with van der Waals surface area (Å²) in [5.41, 5.74) is 5.36. The van der Waals surface area contributed by atoms with E-state index in [1.54, 1.807) is 11.8 Å². The number of amides is 1. The minimum atomic E-state index is -0.581. The summed E-state index contributed by atoms with van der Waals surface area (Å²) in [6.07, 6.45) is 0.810. The number of nitro groups is 1. The van der Waals surface area contributed by atoms with Crippen molar-refractivity contribution in [3.05, 3.63) is 27.8 Å². The third kappa shape index (κ3) is 3.53. The van der Waals surface area contributed by atoms with Crippen LogP contribution in [-0.2, 0) is 0 Å². The molecule has 0 aromatic heterocycles. The topological polar surface area (TPSA) is 108 Å². The van der Waals surface area contributed by atoms with Crippen molar-refractivity contribution >= 4 is 11.6 Å². The molecular formula is C15H21N3O5. The molecule has 1 fully saturated rings. The van der Waals surface area contributed by atoms with Crippen LogP contribution in [0.5, 0.6) is 11.5 Å². The summed E-state index contributed by atoms with van der Waals surface area (Å²) in [5, 5.41) is 11.3. The zero-order valence-electron chi connectivity index (χ0n) is 13.3. The van der Waals surface area contributed by atoms with Crippen molar-refractivity contribution in [3.8, 4) is 11.5 Å². The monoisotopic (exact) mass is 323 g/mol. The Hall–Kier alpha value is -2.35. The highest BCUT2D eigenvalue weighted by atomic mass is 16.6. The molecule has 1 amide bonds. The summed E-state index contributed by atoms with van der Waals surface area (Å²) in [6, 6.07) is 2.62. The van der Waals surface area contributed by atoms with Gasteiger partial charge in [-0.3, -0.25) is 14.9 Å². The smallest absolute Gasteiger partial charge is 0.286 e. The molecule has 1 saturated heterocycles. The van der Waals surface area contributed by atoms with Gasteiger partial charge in [0.2, 0.25) is 0 Å². The Morgan fingerprint density at radius 1 is 1.48 bits per heavy atom. The molecule has 126 valence electrons. The van der Waals surface area contributed by atoms with Gasteiger partial charge in [-0.25, -0.2) is 0 Å². The standard InChI is InChI=1S/C15H21N3O5/c1-3-23-14-6-11(12(18(20)21)7-13(14)22-2)15(19)17-5-4-10(8-16)9-17/h6-7,10H,3-5,8-9,16H2,1-2H3. The predicted molar refractivity (Wildman–Crippen MR) is 83.9 cm³/mol. The van der Waals surface area contributed by atoms with Gasteiger partial charge in [0.15, 0.2) is 11.5 Å². The zero-order valence-corrected chi connectivity index (χ0v) is 13.3. The summed E-state index contributed by atoms with van der Waals surface area (Å²) in [4.78, 5) is 25.0. The zero-order chi connectivity index (χ0) is 17.0. The molecule has 0 bridgehead atoms. The third-order valence-electron chi connectivity index (χ3n) is 3.92. The van der Waals surface area contributed by atoms with Crippen molar-refractivity contribution < 1.29 is 19.2 Å². The molecule has 0 radical (unpaired) electrons. The van der Waals surface area contributed by atoms with Gasteiger partial charge in [-0.2, -0.15) is 0 Å². The fourth-order valence-electron chi connectivity index (χ4n) is 2.68. The average molecular weight is 323 g/mol. The Labute approximate surface area is 134 Å². The molecule has 0 aliphatic carbocycles. The minimum absolute atomic E-state index is 0.0110. The van der Waals surface area contributed by atoms with Crippen molar-refractivity contribution in [2.75, 3.05) is 33.4 Å². The lowest BCUT2D eigenvalue weighted by Crippen LogP contribution is -2.30. The lowest BCUT2D eigenvalue weighted by molar-refractivity contribution is -0.385. The number of ether oxygens (including phenoxy) is 2. The Balaban J connectivity index is 2.40. The van der Waals surface area contributed by atoms with Crippen molar-refractivity contribution in [3.63, 3.8) is 0 Å². The highest BCUT2D eigenvalue weighted by molar-refractivity contribution is 5.99. The van der Waals surface area contributed by atoms with Gasteiger partial charge < -0.3 is 20.1 Å². The number of hydrogen-bond acceptors (Lipinski definition) is 6. The van der Waals surface area contributed by atoms with E-state index < -0.39 is 4.92 Å². The summed E-state index contributed by atoms with van der Waals surface area (Å²) in [5.74, 6) is 0.411. The van der Waals surface area contributed by atoms with Crippen LogP contribution in [0.3, 0.4) is 0 Å². The summed E-state index contributed by atoms with van der Waals surface area (Å²) in [6.45, 7) is 3.71. The highest BCUT2D eigenvalue weighted by Crippen LogP contribution is 2.36. The fraction of sp³-hybridized carbons (Fsp3) is 0.533. The summed E-state index contributed by atoms with van der Waals surface area (Å²) in [7, 11) is 1.40. The highest BCUT2D eigenvalue weighted by Gasteiger charge is 2.31. The maximum Gasteiger partial charge on any atom is 0.286 e. The quantitative estimate of drug-likeness (QED) is 0.626. The number of rotatable bonds is 6. The van der Waals surface area contributed by atoms with Gasteiger partial charge >= 0.3 is 0 Å². The van der Waals surface area contributed by atoms with E-state index in [0.717, 1.165) is 6.42 Å². The predicted octanol–water partition coefficient (Wildman–Crippen LogP) is 1.42. The molecule has 2 rings (SSSR count). The van der Waals surface area contributed by atoms with Crippen molar-refractivity contribution in [1.29, 1.82) is 0 Å². The van der Waals surface area contributed by atoms with E-state index in [1.165, 1.54) is 19.2 Å². The maximum absolute atomic E-state index is 12.7. The number of benzene rings is 1. The van der Waals surface area contributed by atoms with Gasteiger partial charge in [-0.15, -0.1) is 0 Å². The number of nitrogens with two attached hydrogens (primary N) is 1. The van der Waals surface area contributed by atoms with Crippen molar-refractivity contribution in [2.24, 2.45) is 11.7 Å². The Bertz CT molecular complexity index is 605. The number of nitro benzene ring substituents is 1. The molecule has 0 saturated carbocycles. The van der Waals surface area contributed by atoms with Crippen LogP contribution < -0.4 is 15.2 Å². The van der Waals surface area contributed by atoms with Crippen LogP contribution in [0.4, 0.5) is 5.69 Å². The van der Waals surface area contributed by atoms with Crippen LogP contribution in [0, 0.1) is 16.0 Å². The van der Waals surface area contributed by atoms with E-state index >= 15 is 0 Å². The van der Waals surface area contributed by atoms with Crippen LogP contribution in [0.2, 0.25) is 0 Å². The lowest BCUT2D eigenvalue weighted by Gasteiger charge is -2.18. The number of carbonyl (C=O) groups is 1. The number of nitrogens with zero attached hydrogens (tertiary/aromatic N) is 2. The number of methoxy groups -OCH3 is 1. The van der Waals surface area contributed by atoms with Crippen LogP contribution in [-0.4, -0.2) is 49.1 Å². The van der Waals surface area contributed by atoms with E-state index in [-0.39, 0.29) is 28.8 Å². The minimum Gasteiger partial charge on any atom is -0.493 e. The second-order valence-corrected chi connectivity index (χ2v) is 5.35. The molecule has 1 atom stereocenters. The van der Waals surface area contributed by atoms with E-state index in [1.807, 2.05) is 0 Å². The van der Waals surface area contributed by atoms with Crippen molar-refractivity contribution in [2.45, 2.75) is 13.3 Å². The first-order valence-electron chi connectivity index (χ1n) is 7.50. The summed E-state index contributed by atoms with van der Waals surface area (Å²) < 4.78 is 10.5. The summed E-state index contributed by atoms with van der Waals surface area (Å²) >= 11 is 0. The second kappa shape index (κ2) is 7.28. The van der Waals surface area contributed by atoms with Gasteiger partial charge in [-0.1, -0.05) is 0 Å². The first-order chi connectivity index (χ1) is 11.0. The molecule has 8 heteroatoms. The number of carbonyl (C=O) groups excluding carboxylic acids is 1. The molecule has 8 nitrogen and oxygen atoms in total. The molecule has 0 spiro atoms. The molecule has 1 aliphatic heterocycles. The Morgan fingerprint density at radius 3 is 2.74 bits per heavy atom. The molecule has 23 heavy (non-hydrogen) atoms. The van der Waals surface area contributed by atoms with E-state index in [9.17, 15) is 14.9 Å². The van der Waals surface area contributed by atoms with Gasteiger partial charge in [0.05, 0.1) is 24.7 Å².